The lowest BCUT2D eigenvalue weighted by Gasteiger charge is -2.21. The number of aliphatic imine (C=N–C) groups is 1. The molecule has 1 saturated carbocycles. The van der Waals surface area contributed by atoms with Crippen LogP contribution in [-0.2, 0) is 5.41 Å². The molecule has 128 valence electrons. The number of hydrogen-bond acceptors (Lipinski definition) is 2. The maximum absolute atomic E-state index is 13.4. The van der Waals surface area contributed by atoms with Crippen LogP contribution in [0.3, 0.4) is 0 Å². The summed E-state index contributed by atoms with van der Waals surface area (Å²) >= 11 is 0. The highest BCUT2D eigenvalue weighted by molar-refractivity contribution is 5.79. The SMILES string of the molecule is CCN(CC)CCNC(=NC)NCC1(c2cccc(F)c2)CC1. The lowest BCUT2D eigenvalue weighted by molar-refractivity contribution is 0.308. The Morgan fingerprint density at radius 2 is 2.00 bits per heavy atom. The van der Waals surface area contributed by atoms with Gasteiger partial charge < -0.3 is 15.5 Å². The molecule has 1 aliphatic rings. The third-order valence-electron chi connectivity index (χ3n) is 4.72. The normalized spacial score (nSPS) is 16.5. The van der Waals surface area contributed by atoms with Gasteiger partial charge in [0.25, 0.3) is 0 Å². The molecule has 0 spiro atoms. The van der Waals surface area contributed by atoms with Gasteiger partial charge in [0.2, 0.25) is 0 Å². The Morgan fingerprint density at radius 3 is 2.57 bits per heavy atom. The highest BCUT2D eigenvalue weighted by Crippen LogP contribution is 2.47. The second-order valence-corrected chi connectivity index (χ2v) is 6.17. The predicted molar refractivity (Wildman–Crippen MR) is 94.5 cm³/mol. The molecule has 0 bridgehead atoms. The summed E-state index contributed by atoms with van der Waals surface area (Å²) in [6.45, 7) is 9.14. The van der Waals surface area contributed by atoms with Crippen molar-refractivity contribution in [1.82, 2.24) is 15.5 Å². The number of rotatable bonds is 8. The fourth-order valence-electron chi connectivity index (χ4n) is 2.88. The lowest BCUT2D eigenvalue weighted by atomic mass is 9.96. The fraction of sp³-hybridized carbons (Fsp3) is 0.611. The van der Waals surface area contributed by atoms with E-state index in [1.54, 1.807) is 19.2 Å². The molecule has 0 aromatic heterocycles. The minimum Gasteiger partial charge on any atom is -0.356 e. The molecular formula is C18H29FN4. The van der Waals surface area contributed by atoms with Gasteiger partial charge in [-0.15, -0.1) is 0 Å². The molecule has 5 heteroatoms. The molecule has 2 N–H and O–H groups in total. The first-order valence-corrected chi connectivity index (χ1v) is 8.56. The van der Waals surface area contributed by atoms with E-state index in [1.165, 1.54) is 6.07 Å². The van der Waals surface area contributed by atoms with E-state index in [2.05, 4.69) is 34.4 Å². The average molecular weight is 320 g/mol. The second-order valence-electron chi connectivity index (χ2n) is 6.17. The molecule has 1 aliphatic carbocycles. The van der Waals surface area contributed by atoms with Gasteiger partial charge in [0.15, 0.2) is 5.96 Å². The molecular weight excluding hydrogens is 291 g/mol. The summed E-state index contributed by atoms with van der Waals surface area (Å²) < 4.78 is 13.4. The van der Waals surface area contributed by atoms with Gasteiger partial charge in [-0.1, -0.05) is 26.0 Å². The van der Waals surface area contributed by atoms with E-state index in [4.69, 9.17) is 0 Å². The summed E-state index contributed by atoms with van der Waals surface area (Å²) in [6, 6.07) is 6.97. The van der Waals surface area contributed by atoms with Gasteiger partial charge in [0.1, 0.15) is 5.82 Å². The zero-order valence-electron chi connectivity index (χ0n) is 14.5. The monoisotopic (exact) mass is 320 g/mol. The molecule has 0 heterocycles. The third kappa shape index (κ3) is 4.93. The van der Waals surface area contributed by atoms with Crippen LogP contribution >= 0.6 is 0 Å². The van der Waals surface area contributed by atoms with Gasteiger partial charge in [-0.25, -0.2) is 4.39 Å². The van der Waals surface area contributed by atoms with Crippen LogP contribution < -0.4 is 10.6 Å². The smallest absolute Gasteiger partial charge is 0.191 e. The van der Waals surface area contributed by atoms with Gasteiger partial charge in [0.05, 0.1) is 0 Å². The van der Waals surface area contributed by atoms with Crippen molar-refractivity contribution in [3.63, 3.8) is 0 Å². The van der Waals surface area contributed by atoms with Gasteiger partial charge in [0, 0.05) is 32.1 Å². The Bertz CT molecular complexity index is 522. The average Bonchev–Trinajstić information content (AvgIpc) is 3.36. The van der Waals surface area contributed by atoms with Gasteiger partial charge in [-0.2, -0.15) is 0 Å². The van der Waals surface area contributed by atoms with Crippen LogP contribution in [0, 0.1) is 5.82 Å². The van der Waals surface area contributed by atoms with E-state index >= 15 is 0 Å². The first-order chi connectivity index (χ1) is 11.1. The number of likely N-dealkylation sites (N-methyl/N-ethyl adjacent to an activating group) is 1. The molecule has 1 aromatic carbocycles. The van der Waals surface area contributed by atoms with Gasteiger partial charge in [-0.05, 0) is 43.6 Å². The van der Waals surface area contributed by atoms with E-state index in [1.807, 2.05) is 6.07 Å². The number of halogens is 1. The third-order valence-corrected chi connectivity index (χ3v) is 4.72. The second kappa shape index (κ2) is 8.29. The van der Waals surface area contributed by atoms with Crippen LogP contribution in [0.1, 0.15) is 32.3 Å². The molecule has 2 rings (SSSR count). The summed E-state index contributed by atoms with van der Waals surface area (Å²) in [4.78, 5) is 6.65. The first kappa shape index (κ1) is 17.7. The number of nitrogens with zero attached hydrogens (tertiary/aromatic N) is 2. The van der Waals surface area contributed by atoms with E-state index in [0.29, 0.717) is 0 Å². The van der Waals surface area contributed by atoms with Crippen molar-refractivity contribution in [2.75, 3.05) is 39.8 Å². The van der Waals surface area contributed by atoms with Gasteiger partial charge >= 0.3 is 0 Å². The van der Waals surface area contributed by atoms with E-state index in [0.717, 1.165) is 57.1 Å². The topological polar surface area (TPSA) is 39.7 Å². The van der Waals surface area contributed by atoms with Crippen LogP contribution in [0.25, 0.3) is 0 Å². The Kier molecular flexibility index (Phi) is 6.39. The quantitative estimate of drug-likeness (QED) is 0.571. The highest BCUT2D eigenvalue weighted by Gasteiger charge is 2.44. The van der Waals surface area contributed by atoms with Crippen LogP contribution in [0.2, 0.25) is 0 Å². The van der Waals surface area contributed by atoms with Crippen molar-refractivity contribution >= 4 is 5.96 Å². The minimum absolute atomic E-state index is 0.0680. The number of nitrogens with one attached hydrogen (secondary N) is 2. The minimum atomic E-state index is -0.157. The summed E-state index contributed by atoms with van der Waals surface area (Å²) in [5.41, 5.74) is 1.15. The maximum Gasteiger partial charge on any atom is 0.191 e. The standard InChI is InChI=1S/C18H29FN4/c1-4-23(5-2)12-11-21-17(20-3)22-14-18(9-10-18)15-7-6-8-16(19)13-15/h6-8,13H,4-5,9-12,14H2,1-3H3,(H2,20,21,22). The molecule has 0 radical (unpaired) electrons. The molecule has 0 aliphatic heterocycles. The van der Waals surface area contributed by atoms with Crippen LogP contribution in [0.5, 0.6) is 0 Å². The van der Waals surface area contributed by atoms with Crippen molar-refractivity contribution in [2.45, 2.75) is 32.1 Å². The van der Waals surface area contributed by atoms with Crippen LogP contribution in [-0.4, -0.2) is 50.6 Å². The molecule has 0 atom stereocenters. The van der Waals surface area contributed by atoms with Crippen molar-refractivity contribution in [1.29, 1.82) is 0 Å². The van der Waals surface area contributed by atoms with Crippen molar-refractivity contribution in [2.24, 2.45) is 4.99 Å². The van der Waals surface area contributed by atoms with Crippen molar-refractivity contribution in [3.8, 4) is 0 Å². The predicted octanol–water partition coefficient (Wildman–Crippen LogP) is 2.36. The van der Waals surface area contributed by atoms with Crippen molar-refractivity contribution < 1.29 is 4.39 Å². The Hall–Kier alpha value is -1.62. The summed E-state index contributed by atoms with van der Waals surface area (Å²) in [7, 11) is 1.79. The summed E-state index contributed by atoms with van der Waals surface area (Å²) in [5, 5.41) is 6.75. The van der Waals surface area contributed by atoms with Crippen LogP contribution in [0.4, 0.5) is 4.39 Å². The van der Waals surface area contributed by atoms with Crippen molar-refractivity contribution in [3.05, 3.63) is 35.6 Å². The van der Waals surface area contributed by atoms with E-state index in [-0.39, 0.29) is 11.2 Å². The summed E-state index contributed by atoms with van der Waals surface area (Å²) in [6.07, 6.45) is 2.19. The zero-order valence-corrected chi connectivity index (χ0v) is 14.5. The number of hydrogen-bond donors (Lipinski definition) is 2. The molecule has 23 heavy (non-hydrogen) atoms. The largest absolute Gasteiger partial charge is 0.356 e. The fourth-order valence-corrected chi connectivity index (χ4v) is 2.88. The van der Waals surface area contributed by atoms with E-state index in [9.17, 15) is 4.39 Å². The Labute approximate surface area is 139 Å². The first-order valence-electron chi connectivity index (χ1n) is 8.56. The molecule has 1 aromatic rings. The zero-order chi connectivity index (χ0) is 16.7. The summed E-state index contributed by atoms with van der Waals surface area (Å²) in [5.74, 6) is 0.662. The maximum atomic E-state index is 13.4. The van der Waals surface area contributed by atoms with Crippen LogP contribution in [0.15, 0.2) is 29.3 Å². The Morgan fingerprint density at radius 1 is 1.26 bits per heavy atom. The molecule has 1 fully saturated rings. The highest BCUT2D eigenvalue weighted by atomic mass is 19.1. The number of benzene rings is 1. The van der Waals surface area contributed by atoms with E-state index < -0.39 is 0 Å². The Balaban J connectivity index is 1.82. The molecule has 0 saturated heterocycles. The van der Waals surface area contributed by atoms with Gasteiger partial charge in [-0.3, -0.25) is 4.99 Å². The number of guanidine groups is 1. The molecule has 0 unspecified atom stereocenters. The molecule has 4 nitrogen and oxygen atoms in total. The lowest BCUT2D eigenvalue weighted by Crippen LogP contribution is -2.44. The molecule has 0 amide bonds.